The highest BCUT2D eigenvalue weighted by Gasteiger charge is 2.00. The lowest BCUT2D eigenvalue weighted by Crippen LogP contribution is -1.93. The average Bonchev–Trinajstić information content (AvgIpc) is 2.61. The number of aromatic amines is 1. The van der Waals surface area contributed by atoms with E-state index in [4.69, 9.17) is 0 Å². The summed E-state index contributed by atoms with van der Waals surface area (Å²) < 4.78 is 0. The minimum absolute atomic E-state index is 0.826. The van der Waals surface area contributed by atoms with E-state index in [2.05, 4.69) is 34.2 Å². The minimum atomic E-state index is 0.826. The van der Waals surface area contributed by atoms with Crippen LogP contribution in [0.4, 0.5) is 0 Å². The van der Waals surface area contributed by atoms with Gasteiger partial charge in [0.05, 0.1) is 0 Å². The number of H-pyrrole nitrogens is 1. The zero-order valence-corrected chi connectivity index (χ0v) is 7.49. The van der Waals surface area contributed by atoms with Crippen LogP contribution < -0.4 is 0 Å². The molecule has 0 radical (unpaired) electrons. The van der Waals surface area contributed by atoms with Gasteiger partial charge in [-0.2, -0.15) is 5.10 Å². The Bertz CT molecular complexity index is 379. The molecule has 0 atom stereocenters. The van der Waals surface area contributed by atoms with Gasteiger partial charge in [-0.05, 0) is 18.1 Å². The first-order chi connectivity index (χ1) is 6.36. The van der Waals surface area contributed by atoms with Crippen molar-refractivity contribution in [2.75, 3.05) is 0 Å². The van der Waals surface area contributed by atoms with E-state index in [9.17, 15) is 0 Å². The maximum absolute atomic E-state index is 4.09. The molecule has 0 saturated heterocycles. The van der Waals surface area contributed by atoms with E-state index in [1.165, 1.54) is 17.5 Å². The predicted octanol–water partition coefficient (Wildman–Crippen LogP) is 1.70. The van der Waals surface area contributed by atoms with Crippen molar-refractivity contribution in [3.05, 3.63) is 47.5 Å². The lowest BCUT2D eigenvalue weighted by molar-refractivity contribution is 0.966. The van der Waals surface area contributed by atoms with Gasteiger partial charge in [-0.15, -0.1) is 0 Å². The second-order valence-corrected chi connectivity index (χ2v) is 3.04. The number of aryl methyl sites for hydroxylation is 1. The highest BCUT2D eigenvalue weighted by Crippen LogP contribution is 2.09. The fraction of sp³-hybridized carbons (Fsp3) is 0.200. The molecule has 0 bridgehead atoms. The van der Waals surface area contributed by atoms with E-state index in [1.54, 1.807) is 0 Å². The van der Waals surface area contributed by atoms with Crippen molar-refractivity contribution in [1.82, 2.24) is 15.2 Å². The van der Waals surface area contributed by atoms with Crippen molar-refractivity contribution in [3.8, 4) is 0 Å². The van der Waals surface area contributed by atoms with Crippen LogP contribution in [0.15, 0.2) is 30.6 Å². The van der Waals surface area contributed by atoms with Crippen LogP contribution in [0.25, 0.3) is 0 Å². The quantitative estimate of drug-likeness (QED) is 0.751. The first kappa shape index (κ1) is 7.98. The summed E-state index contributed by atoms with van der Waals surface area (Å²) in [5.74, 6) is 0.911. The molecule has 0 amide bonds. The number of nitrogens with one attached hydrogen (secondary N) is 1. The maximum atomic E-state index is 4.09. The monoisotopic (exact) mass is 173 g/mol. The maximum Gasteiger partial charge on any atom is 0.137 e. The van der Waals surface area contributed by atoms with Crippen molar-refractivity contribution >= 4 is 0 Å². The summed E-state index contributed by atoms with van der Waals surface area (Å²) >= 11 is 0. The number of hydrogen-bond acceptors (Lipinski definition) is 2. The number of hydrogen-bond donors (Lipinski definition) is 1. The van der Waals surface area contributed by atoms with Crippen molar-refractivity contribution < 1.29 is 0 Å². The molecule has 1 heterocycles. The molecule has 1 N–H and O–H groups in total. The molecular formula is C10H11N3. The van der Waals surface area contributed by atoms with Crippen molar-refractivity contribution in [3.63, 3.8) is 0 Å². The normalized spacial score (nSPS) is 10.2. The highest BCUT2D eigenvalue weighted by molar-refractivity contribution is 5.27. The van der Waals surface area contributed by atoms with E-state index in [0.29, 0.717) is 0 Å². The first-order valence-corrected chi connectivity index (χ1v) is 4.25. The van der Waals surface area contributed by atoms with E-state index in [0.717, 1.165) is 12.2 Å². The lowest BCUT2D eigenvalue weighted by Gasteiger charge is -2.01. The molecule has 3 heteroatoms. The zero-order valence-electron chi connectivity index (χ0n) is 7.49. The third-order valence-electron chi connectivity index (χ3n) is 2.08. The summed E-state index contributed by atoms with van der Waals surface area (Å²) in [5, 5.41) is 6.66. The van der Waals surface area contributed by atoms with Gasteiger partial charge in [0.2, 0.25) is 0 Å². The van der Waals surface area contributed by atoms with Crippen LogP contribution >= 0.6 is 0 Å². The van der Waals surface area contributed by atoms with Gasteiger partial charge in [-0.1, -0.05) is 24.3 Å². The van der Waals surface area contributed by atoms with Crippen LogP contribution in [0.2, 0.25) is 0 Å². The number of benzene rings is 1. The number of rotatable bonds is 2. The Kier molecular flexibility index (Phi) is 2.08. The van der Waals surface area contributed by atoms with Gasteiger partial charge in [-0.25, -0.2) is 4.98 Å². The smallest absolute Gasteiger partial charge is 0.137 e. The topological polar surface area (TPSA) is 41.6 Å². The molecule has 0 aliphatic heterocycles. The van der Waals surface area contributed by atoms with Gasteiger partial charge in [0.25, 0.3) is 0 Å². The average molecular weight is 173 g/mol. The van der Waals surface area contributed by atoms with Crippen LogP contribution in [-0.2, 0) is 6.42 Å². The summed E-state index contributed by atoms with van der Waals surface area (Å²) in [5.41, 5.74) is 2.58. The molecule has 0 fully saturated rings. The van der Waals surface area contributed by atoms with E-state index in [-0.39, 0.29) is 0 Å². The molecule has 13 heavy (non-hydrogen) atoms. The Morgan fingerprint density at radius 3 is 2.85 bits per heavy atom. The third kappa shape index (κ3) is 1.75. The van der Waals surface area contributed by atoms with Gasteiger partial charge in [0.1, 0.15) is 12.2 Å². The lowest BCUT2D eigenvalue weighted by atomic mass is 10.1. The largest absolute Gasteiger partial charge is 0.263 e. The third-order valence-corrected chi connectivity index (χ3v) is 2.08. The van der Waals surface area contributed by atoms with Crippen LogP contribution in [0.1, 0.15) is 17.0 Å². The Balaban J connectivity index is 2.24. The molecule has 0 aliphatic rings. The van der Waals surface area contributed by atoms with Gasteiger partial charge in [0.15, 0.2) is 0 Å². The van der Waals surface area contributed by atoms with Gasteiger partial charge >= 0.3 is 0 Å². The Morgan fingerprint density at radius 2 is 2.15 bits per heavy atom. The van der Waals surface area contributed by atoms with Crippen LogP contribution in [0, 0.1) is 6.92 Å². The van der Waals surface area contributed by atoms with Crippen LogP contribution in [0.5, 0.6) is 0 Å². The Morgan fingerprint density at radius 1 is 1.31 bits per heavy atom. The number of nitrogens with zero attached hydrogens (tertiary/aromatic N) is 2. The molecule has 66 valence electrons. The fourth-order valence-electron chi connectivity index (χ4n) is 1.30. The molecule has 0 spiro atoms. The summed E-state index contributed by atoms with van der Waals surface area (Å²) in [6.45, 7) is 2.10. The van der Waals surface area contributed by atoms with Crippen molar-refractivity contribution in [2.45, 2.75) is 13.3 Å². The second kappa shape index (κ2) is 3.39. The first-order valence-electron chi connectivity index (χ1n) is 4.25. The molecule has 3 nitrogen and oxygen atoms in total. The highest BCUT2D eigenvalue weighted by atomic mass is 15.2. The molecule has 1 aromatic heterocycles. The Labute approximate surface area is 76.8 Å². The molecule has 0 unspecified atom stereocenters. The molecule has 1 aromatic carbocycles. The number of aromatic nitrogens is 3. The van der Waals surface area contributed by atoms with Crippen molar-refractivity contribution in [2.24, 2.45) is 0 Å². The van der Waals surface area contributed by atoms with Gasteiger partial charge in [0, 0.05) is 6.42 Å². The summed E-state index contributed by atoms with van der Waals surface area (Å²) in [6, 6.07) is 8.29. The van der Waals surface area contributed by atoms with Gasteiger partial charge < -0.3 is 0 Å². The molecule has 0 saturated carbocycles. The molecule has 0 aliphatic carbocycles. The SMILES string of the molecule is Cc1ccccc1Cc1ncn[nH]1. The summed E-state index contributed by atoms with van der Waals surface area (Å²) in [4.78, 5) is 4.09. The summed E-state index contributed by atoms with van der Waals surface area (Å²) in [7, 11) is 0. The fourth-order valence-corrected chi connectivity index (χ4v) is 1.30. The predicted molar refractivity (Wildman–Crippen MR) is 50.4 cm³/mol. The van der Waals surface area contributed by atoms with Crippen LogP contribution in [0.3, 0.4) is 0 Å². The van der Waals surface area contributed by atoms with E-state index < -0.39 is 0 Å². The molecule has 2 aromatic rings. The van der Waals surface area contributed by atoms with Crippen molar-refractivity contribution in [1.29, 1.82) is 0 Å². The standard InChI is InChI=1S/C10H11N3/c1-8-4-2-3-5-9(8)6-10-11-7-12-13-10/h2-5,7H,6H2,1H3,(H,11,12,13). The van der Waals surface area contributed by atoms with Crippen LogP contribution in [-0.4, -0.2) is 15.2 Å². The molecule has 2 rings (SSSR count). The minimum Gasteiger partial charge on any atom is -0.263 e. The Hall–Kier alpha value is -1.64. The van der Waals surface area contributed by atoms with E-state index in [1.807, 2.05) is 12.1 Å². The molecular weight excluding hydrogens is 162 g/mol. The zero-order chi connectivity index (χ0) is 9.10. The summed E-state index contributed by atoms with van der Waals surface area (Å²) in [6.07, 6.45) is 2.36. The van der Waals surface area contributed by atoms with Gasteiger partial charge in [-0.3, -0.25) is 5.10 Å². The second-order valence-electron chi connectivity index (χ2n) is 3.04. The van der Waals surface area contributed by atoms with E-state index >= 15 is 0 Å².